The zero-order valence-electron chi connectivity index (χ0n) is 33.9. The van der Waals surface area contributed by atoms with Gasteiger partial charge in [0.15, 0.2) is 0 Å². The summed E-state index contributed by atoms with van der Waals surface area (Å²) in [5.74, 6) is 0. The lowest BCUT2D eigenvalue weighted by Gasteiger charge is -2.27. The van der Waals surface area contributed by atoms with Gasteiger partial charge in [-0.2, -0.15) is 0 Å². The Labute approximate surface area is 339 Å². The Morgan fingerprint density at radius 2 is 0.684 bits per heavy atom. The number of nitrogens with zero attached hydrogens (tertiary/aromatic N) is 2. The van der Waals surface area contributed by atoms with E-state index in [2.05, 4.69) is 227 Å². The largest absolute Gasteiger partial charge is 0.310 e. The molecule has 8 rings (SSSR count). The van der Waals surface area contributed by atoms with Gasteiger partial charge >= 0.3 is 0 Å². The zero-order valence-corrected chi connectivity index (χ0v) is 33.9. The first-order chi connectivity index (χ1) is 27.5. The molecule has 0 radical (unpaired) electrons. The Balaban J connectivity index is 1.24. The number of hydrogen-bond acceptors (Lipinski definition) is 2. The van der Waals surface area contributed by atoms with Crippen LogP contribution in [0.15, 0.2) is 194 Å². The maximum Gasteiger partial charge on any atom is 0.0701 e. The topological polar surface area (TPSA) is 16.1 Å². The number of hydrogen-bond donors (Lipinski definition) is 0. The van der Waals surface area contributed by atoms with Crippen molar-refractivity contribution in [2.45, 2.75) is 52.4 Å². The average molecular weight is 739 g/mol. The van der Waals surface area contributed by atoms with Gasteiger partial charge in [0.05, 0.1) is 5.69 Å². The molecule has 0 spiro atoms. The molecule has 0 fully saturated rings. The number of benzene rings is 7. The lowest BCUT2D eigenvalue weighted by atomic mass is 9.85. The minimum Gasteiger partial charge on any atom is -0.310 e. The Morgan fingerprint density at radius 3 is 1.11 bits per heavy atom. The maximum atomic E-state index is 4.62. The van der Waals surface area contributed by atoms with E-state index < -0.39 is 0 Å². The van der Waals surface area contributed by atoms with Gasteiger partial charge in [0.2, 0.25) is 0 Å². The van der Waals surface area contributed by atoms with Crippen LogP contribution in [0.5, 0.6) is 0 Å². The fourth-order valence-electron chi connectivity index (χ4n) is 7.45. The van der Waals surface area contributed by atoms with E-state index in [1.165, 1.54) is 55.6 Å². The Kier molecular flexibility index (Phi) is 10.2. The quantitative estimate of drug-likeness (QED) is 0.154. The van der Waals surface area contributed by atoms with Crippen LogP contribution in [-0.2, 0) is 10.8 Å². The van der Waals surface area contributed by atoms with Crippen molar-refractivity contribution in [3.05, 3.63) is 205 Å². The third-order valence-corrected chi connectivity index (χ3v) is 10.9. The molecule has 0 aliphatic carbocycles. The summed E-state index contributed by atoms with van der Waals surface area (Å²) in [4.78, 5) is 7.00. The Hall–Kier alpha value is -6.51. The monoisotopic (exact) mass is 738 g/mol. The Morgan fingerprint density at radius 1 is 0.316 bits per heavy atom. The molecule has 57 heavy (non-hydrogen) atoms. The predicted molar refractivity (Wildman–Crippen MR) is 243 cm³/mol. The summed E-state index contributed by atoms with van der Waals surface area (Å²) in [6, 6.07) is 68.4. The van der Waals surface area contributed by atoms with Crippen LogP contribution in [0.2, 0.25) is 0 Å². The second kappa shape index (κ2) is 15.6. The highest BCUT2D eigenvalue weighted by Crippen LogP contribution is 2.41. The van der Waals surface area contributed by atoms with E-state index in [1.54, 1.807) is 0 Å². The first kappa shape index (κ1) is 37.4. The molecule has 8 aromatic rings. The van der Waals surface area contributed by atoms with Gasteiger partial charge in [-0.05, 0) is 121 Å². The van der Waals surface area contributed by atoms with Crippen LogP contribution in [0.25, 0.3) is 55.8 Å². The first-order valence-corrected chi connectivity index (χ1v) is 19.9. The molecule has 0 saturated heterocycles. The van der Waals surface area contributed by atoms with Gasteiger partial charge in [-0.25, -0.2) is 0 Å². The first-order valence-electron chi connectivity index (χ1n) is 19.9. The van der Waals surface area contributed by atoms with Gasteiger partial charge in [0.1, 0.15) is 0 Å². The SMILES string of the molecule is CC(C)(C)c1ccc(-c2cc(-c3ccc(C(C)(C)C)cc3)cc(N(c3ccc(-c4ccc(-c5ccccc5)cc4)cc3)c3ccc(-c4ccccn4)cc3)c2)cc1. The zero-order chi connectivity index (χ0) is 39.6. The molecular weight excluding hydrogens is 689 g/mol. The molecule has 0 N–H and O–H groups in total. The summed E-state index contributed by atoms with van der Waals surface area (Å²) in [6.45, 7) is 13.6. The minimum atomic E-state index is 0.0780. The number of anilines is 3. The molecule has 0 amide bonds. The molecule has 0 bridgehead atoms. The minimum absolute atomic E-state index is 0.0780. The second-order valence-corrected chi connectivity index (χ2v) is 17.0. The normalized spacial score (nSPS) is 11.7. The van der Waals surface area contributed by atoms with E-state index in [1.807, 2.05) is 18.3 Å². The van der Waals surface area contributed by atoms with Gasteiger partial charge < -0.3 is 4.90 Å². The maximum absolute atomic E-state index is 4.62. The summed E-state index contributed by atoms with van der Waals surface area (Å²) < 4.78 is 0. The standard InChI is InChI=1S/C55H50N2/c1-54(2,3)48-27-19-43(20-28-48)46-36-47(44-21-29-49(30-22-44)55(4,5)6)38-52(37-46)57(51-33-25-45(26-34-51)53-14-10-11-35-56-53)50-31-23-42(24-32-50)41-17-15-40(16-18-41)39-12-8-7-9-13-39/h7-38H,1-6H3. The molecule has 280 valence electrons. The molecule has 7 aromatic carbocycles. The molecule has 2 nitrogen and oxygen atoms in total. The third-order valence-electron chi connectivity index (χ3n) is 10.9. The second-order valence-electron chi connectivity index (χ2n) is 17.0. The summed E-state index contributed by atoms with van der Waals surface area (Å²) in [7, 11) is 0. The van der Waals surface area contributed by atoms with Crippen LogP contribution in [0.4, 0.5) is 17.1 Å². The fraction of sp³-hybridized carbons (Fsp3) is 0.145. The molecular formula is C55H50N2. The lowest BCUT2D eigenvalue weighted by molar-refractivity contribution is 0.590. The van der Waals surface area contributed by atoms with Crippen molar-refractivity contribution in [2.24, 2.45) is 0 Å². The molecule has 0 saturated carbocycles. The fourth-order valence-corrected chi connectivity index (χ4v) is 7.45. The molecule has 0 aliphatic heterocycles. The van der Waals surface area contributed by atoms with Crippen LogP contribution in [0, 0.1) is 0 Å². The predicted octanol–water partition coefficient (Wildman–Crippen LogP) is 15.5. The molecule has 1 heterocycles. The average Bonchev–Trinajstić information content (AvgIpc) is 3.24. The summed E-state index contributed by atoms with van der Waals surface area (Å²) >= 11 is 0. The highest BCUT2D eigenvalue weighted by molar-refractivity contribution is 5.86. The van der Waals surface area contributed by atoms with E-state index in [0.29, 0.717) is 0 Å². The number of aromatic nitrogens is 1. The molecule has 0 aliphatic rings. The smallest absolute Gasteiger partial charge is 0.0701 e. The van der Waals surface area contributed by atoms with Gasteiger partial charge in [-0.15, -0.1) is 0 Å². The molecule has 0 atom stereocenters. The van der Waals surface area contributed by atoms with Crippen LogP contribution in [0.1, 0.15) is 52.7 Å². The van der Waals surface area contributed by atoms with Crippen LogP contribution < -0.4 is 4.90 Å². The number of rotatable bonds is 8. The van der Waals surface area contributed by atoms with E-state index >= 15 is 0 Å². The summed E-state index contributed by atoms with van der Waals surface area (Å²) in [5, 5.41) is 0. The van der Waals surface area contributed by atoms with E-state index in [9.17, 15) is 0 Å². The Bertz CT molecular complexity index is 2480. The van der Waals surface area contributed by atoms with Gasteiger partial charge in [0, 0.05) is 28.8 Å². The van der Waals surface area contributed by atoms with E-state index in [0.717, 1.165) is 28.3 Å². The molecule has 2 heteroatoms. The van der Waals surface area contributed by atoms with Crippen molar-refractivity contribution in [1.82, 2.24) is 4.98 Å². The van der Waals surface area contributed by atoms with E-state index in [-0.39, 0.29) is 10.8 Å². The summed E-state index contributed by atoms with van der Waals surface area (Å²) in [6.07, 6.45) is 1.85. The van der Waals surface area contributed by atoms with Gasteiger partial charge in [-0.1, -0.05) is 175 Å². The van der Waals surface area contributed by atoms with Crippen LogP contribution in [-0.4, -0.2) is 4.98 Å². The van der Waals surface area contributed by atoms with Crippen molar-refractivity contribution in [3.63, 3.8) is 0 Å². The third kappa shape index (κ3) is 8.37. The molecule has 0 unspecified atom stereocenters. The van der Waals surface area contributed by atoms with E-state index in [4.69, 9.17) is 0 Å². The van der Waals surface area contributed by atoms with Gasteiger partial charge in [0.25, 0.3) is 0 Å². The van der Waals surface area contributed by atoms with Crippen molar-refractivity contribution in [3.8, 4) is 55.8 Å². The van der Waals surface area contributed by atoms with Crippen LogP contribution in [0.3, 0.4) is 0 Å². The number of pyridine rings is 1. The van der Waals surface area contributed by atoms with Crippen molar-refractivity contribution < 1.29 is 0 Å². The molecule has 1 aromatic heterocycles. The van der Waals surface area contributed by atoms with Crippen molar-refractivity contribution >= 4 is 17.1 Å². The summed E-state index contributed by atoms with van der Waals surface area (Å²) in [5.41, 5.74) is 17.6. The van der Waals surface area contributed by atoms with Crippen LogP contribution >= 0.6 is 0 Å². The highest BCUT2D eigenvalue weighted by Gasteiger charge is 2.19. The van der Waals surface area contributed by atoms with Crippen molar-refractivity contribution in [2.75, 3.05) is 4.90 Å². The highest BCUT2D eigenvalue weighted by atomic mass is 15.1. The van der Waals surface area contributed by atoms with Crippen molar-refractivity contribution in [1.29, 1.82) is 0 Å². The van der Waals surface area contributed by atoms with Gasteiger partial charge in [-0.3, -0.25) is 4.98 Å². The lowest BCUT2D eigenvalue weighted by Crippen LogP contribution is -2.11.